The van der Waals surface area contributed by atoms with E-state index in [1.165, 1.54) is 23.9 Å². The van der Waals surface area contributed by atoms with Crippen LogP contribution in [0.15, 0.2) is 41.3 Å². The van der Waals surface area contributed by atoms with Crippen LogP contribution < -0.4 is 11.1 Å². The molecule has 0 spiro atoms. The molecular weight excluding hydrogens is 402 g/mol. The molecule has 21 heavy (non-hydrogen) atoms. The first-order valence-corrected chi connectivity index (χ1v) is 8.26. The molecule has 2 aromatic carbocycles. The maximum atomic E-state index is 12.9. The molecule has 0 fully saturated rings. The second-order valence-electron chi connectivity index (χ2n) is 4.48. The van der Waals surface area contributed by atoms with Gasteiger partial charge in [0, 0.05) is 19.8 Å². The molecule has 0 bridgehead atoms. The van der Waals surface area contributed by atoms with Gasteiger partial charge < -0.3 is 11.1 Å². The Morgan fingerprint density at radius 2 is 2.10 bits per heavy atom. The van der Waals surface area contributed by atoms with E-state index in [-0.39, 0.29) is 17.5 Å². The Morgan fingerprint density at radius 3 is 2.76 bits per heavy atom. The summed E-state index contributed by atoms with van der Waals surface area (Å²) in [4.78, 5) is 12.7. The smallest absolute Gasteiger partial charge is 0.234 e. The highest BCUT2D eigenvalue weighted by Gasteiger charge is 2.08. The summed E-state index contributed by atoms with van der Waals surface area (Å²) in [5.41, 5.74) is 7.87. The predicted molar refractivity (Wildman–Crippen MR) is 94.1 cm³/mol. The van der Waals surface area contributed by atoms with Gasteiger partial charge in [-0.25, -0.2) is 4.39 Å². The average Bonchev–Trinajstić information content (AvgIpc) is 2.41. The van der Waals surface area contributed by atoms with Gasteiger partial charge in [0.2, 0.25) is 5.91 Å². The van der Waals surface area contributed by atoms with E-state index in [0.29, 0.717) is 10.6 Å². The fraction of sp³-hybridized carbons (Fsp3) is 0.133. The number of carbonyl (C=O) groups is 1. The van der Waals surface area contributed by atoms with Crippen molar-refractivity contribution in [2.45, 2.75) is 11.8 Å². The molecule has 0 aromatic heterocycles. The zero-order chi connectivity index (χ0) is 15.4. The molecule has 0 aliphatic rings. The van der Waals surface area contributed by atoms with Gasteiger partial charge in [-0.2, -0.15) is 0 Å². The Labute approximate surface area is 140 Å². The number of anilines is 2. The Hall–Kier alpha value is -1.28. The van der Waals surface area contributed by atoms with E-state index >= 15 is 0 Å². The van der Waals surface area contributed by atoms with Crippen molar-refractivity contribution in [3.8, 4) is 0 Å². The fourth-order valence-corrected chi connectivity index (χ4v) is 3.14. The van der Waals surface area contributed by atoms with E-state index < -0.39 is 0 Å². The standard InChI is InChI=1S/C15H14FIN2OS/c1-9-6-11(17)3-4-13(9)19-15(20)8-21-14-5-2-10(16)7-12(14)18/h2-7H,8,18H2,1H3,(H,19,20). The summed E-state index contributed by atoms with van der Waals surface area (Å²) in [6, 6.07) is 9.99. The zero-order valence-electron chi connectivity index (χ0n) is 11.3. The summed E-state index contributed by atoms with van der Waals surface area (Å²) in [6.07, 6.45) is 0. The van der Waals surface area contributed by atoms with Gasteiger partial charge >= 0.3 is 0 Å². The lowest BCUT2D eigenvalue weighted by molar-refractivity contribution is -0.113. The van der Waals surface area contributed by atoms with Crippen LogP contribution in [0.5, 0.6) is 0 Å². The molecule has 3 nitrogen and oxygen atoms in total. The first-order valence-electron chi connectivity index (χ1n) is 6.19. The molecule has 6 heteroatoms. The van der Waals surface area contributed by atoms with Crippen LogP contribution in [0.3, 0.4) is 0 Å². The molecule has 3 N–H and O–H groups in total. The van der Waals surface area contributed by atoms with Crippen LogP contribution >= 0.6 is 34.4 Å². The molecule has 0 aliphatic heterocycles. The van der Waals surface area contributed by atoms with Crippen LogP contribution in [0, 0.1) is 16.3 Å². The normalized spacial score (nSPS) is 10.4. The first kappa shape index (κ1) is 16.1. The number of carbonyl (C=O) groups excluding carboxylic acids is 1. The second kappa shape index (κ2) is 7.13. The summed E-state index contributed by atoms with van der Waals surface area (Å²) in [7, 11) is 0. The predicted octanol–water partition coefficient (Wildman–Crippen LogP) is 4.05. The highest BCUT2D eigenvalue weighted by Crippen LogP contribution is 2.26. The van der Waals surface area contributed by atoms with E-state index in [1.807, 2.05) is 25.1 Å². The van der Waals surface area contributed by atoms with Crippen molar-refractivity contribution < 1.29 is 9.18 Å². The number of rotatable bonds is 4. The van der Waals surface area contributed by atoms with E-state index in [0.717, 1.165) is 14.8 Å². The number of nitrogens with two attached hydrogens (primary N) is 1. The van der Waals surface area contributed by atoms with Crippen LogP contribution in [-0.4, -0.2) is 11.7 Å². The van der Waals surface area contributed by atoms with Gasteiger partial charge in [0.25, 0.3) is 0 Å². The second-order valence-corrected chi connectivity index (χ2v) is 6.74. The molecule has 0 unspecified atom stereocenters. The van der Waals surface area contributed by atoms with Crippen LogP contribution in [0.4, 0.5) is 15.8 Å². The summed E-state index contributed by atoms with van der Waals surface area (Å²) in [5, 5.41) is 2.86. The Morgan fingerprint density at radius 1 is 1.33 bits per heavy atom. The number of nitrogens with one attached hydrogen (secondary N) is 1. The van der Waals surface area contributed by atoms with E-state index in [4.69, 9.17) is 5.73 Å². The molecule has 0 aliphatic carbocycles. The third-order valence-corrected chi connectivity index (χ3v) is 4.55. The Bertz CT molecular complexity index is 679. The molecule has 1 amide bonds. The van der Waals surface area contributed by atoms with Gasteiger partial charge in [-0.15, -0.1) is 11.8 Å². The molecule has 0 atom stereocenters. The Kier molecular flexibility index (Phi) is 5.46. The summed E-state index contributed by atoms with van der Waals surface area (Å²) in [5.74, 6) is -0.273. The molecular formula is C15H14FIN2OS. The molecule has 0 radical (unpaired) electrons. The van der Waals surface area contributed by atoms with Crippen molar-refractivity contribution in [1.29, 1.82) is 0 Å². The van der Waals surface area contributed by atoms with Crippen LogP contribution in [0.1, 0.15) is 5.56 Å². The number of nitrogen functional groups attached to an aromatic ring is 1. The number of hydrogen-bond donors (Lipinski definition) is 2. The third kappa shape index (κ3) is 4.60. The van der Waals surface area contributed by atoms with Crippen molar-refractivity contribution >= 4 is 51.6 Å². The highest BCUT2D eigenvalue weighted by atomic mass is 127. The van der Waals surface area contributed by atoms with E-state index in [9.17, 15) is 9.18 Å². The number of hydrogen-bond acceptors (Lipinski definition) is 3. The molecule has 110 valence electrons. The lowest BCUT2D eigenvalue weighted by Gasteiger charge is -2.09. The zero-order valence-corrected chi connectivity index (χ0v) is 14.3. The summed E-state index contributed by atoms with van der Waals surface area (Å²) in [6.45, 7) is 1.95. The van der Waals surface area contributed by atoms with Gasteiger partial charge in [-0.1, -0.05) is 0 Å². The minimum absolute atomic E-state index is 0.118. The molecule has 2 aromatic rings. The van der Waals surface area contributed by atoms with E-state index in [1.54, 1.807) is 6.07 Å². The minimum Gasteiger partial charge on any atom is -0.398 e. The Balaban J connectivity index is 1.96. The van der Waals surface area contributed by atoms with Gasteiger partial charge in [0.05, 0.1) is 5.75 Å². The number of benzene rings is 2. The van der Waals surface area contributed by atoms with Crippen molar-refractivity contribution in [3.63, 3.8) is 0 Å². The molecule has 2 rings (SSSR count). The minimum atomic E-state index is -0.379. The van der Waals surface area contributed by atoms with E-state index in [2.05, 4.69) is 27.9 Å². The van der Waals surface area contributed by atoms with Crippen LogP contribution in [-0.2, 0) is 4.79 Å². The highest BCUT2D eigenvalue weighted by molar-refractivity contribution is 14.1. The van der Waals surface area contributed by atoms with Gasteiger partial charge in [-0.05, 0) is 71.5 Å². The maximum absolute atomic E-state index is 12.9. The van der Waals surface area contributed by atoms with Crippen LogP contribution in [0.2, 0.25) is 0 Å². The number of halogens is 2. The van der Waals surface area contributed by atoms with Crippen molar-refractivity contribution in [2.75, 3.05) is 16.8 Å². The first-order chi connectivity index (χ1) is 9.95. The monoisotopic (exact) mass is 416 g/mol. The summed E-state index contributed by atoms with van der Waals surface area (Å²) < 4.78 is 14.1. The lowest BCUT2D eigenvalue weighted by Crippen LogP contribution is -2.15. The number of thioether (sulfide) groups is 1. The SMILES string of the molecule is Cc1cc(I)ccc1NC(=O)CSc1ccc(F)cc1N. The molecule has 0 saturated carbocycles. The third-order valence-electron chi connectivity index (χ3n) is 2.79. The van der Waals surface area contributed by atoms with Gasteiger partial charge in [-0.3, -0.25) is 4.79 Å². The number of aryl methyl sites for hydroxylation is 1. The van der Waals surface area contributed by atoms with Crippen molar-refractivity contribution in [3.05, 3.63) is 51.3 Å². The topological polar surface area (TPSA) is 55.1 Å². The molecule has 0 saturated heterocycles. The van der Waals surface area contributed by atoms with Crippen molar-refractivity contribution in [2.24, 2.45) is 0 Å². The lowest BCUT2D eigenvalue weighted by atomic mass is 10.2. The summed E-state index contributed by atoms with van der Waals surface area (Å²) >= 11 is 3.51. The van der Waals surface area contributed by atoms with Crippen molar-refractivity contribution in [1.82, 2.24) is 0 Å². The van der Waals surface area contributed by atoms with Crippen LogP contribution in [0.25, 0.3) is 0 Å². The quantitative estimate of drug-likeness (QED) is 0.449. The fourth-order valence-electron chi connectivity index (χ4n) is 1.75. The van der Waals surface area contributed by atoms with Gasteiger partial charge in [0.1, 0.15) is 5.82 Å². The number of amides is 1. The largest absolute Gasteiger partial charge is 0.398 e. The maximum Gasteiger partial charge on any atom is 0.234 e. The average molecular weight is 416 g/mol. The van der Waals surface area contributed by atoms with Gasteiger partial charge in [0.15, 0.2) is 0 Å². The molecule has 0 heterocycles.